The first-order valence-electron chi connectivity index (χ1n) is 6.07. The van der Waals surface area contributed by atoms with Crippen molar-refractivity contribution in [3.63, 3.8) is 0 Å². The van der Waals surface area contributed by atoms with E-state index >= 15 is 0 Å². The van der Waals surface area contributed by atoms with Crippen molar-refractivity contribution in [1.82, 2.24) is 0 Å². The SMILES string of the molecule is CCCc1ccc(CC)c2c1C=C(C)C2. The molecule has 0 heteroatoms. The van der Waals surface area contributed by atoms with Crippen molar-refractivity contribution in [2.75, 3.05) is 0 Å². The average Bonchev–Trinajstić information content (AvgIpc) is 2.61. The molecule has 1 aliphatic rings. The van der Waals surface area contributed by atoms with Crippen molar-refractivity contribution in [3.05, 3.63) is 40.0 Å². The molecular weight excluding hydrogens is 180 g/mol. The van der Waals surface area contributed by atoms with Crippen LogP contribution in [0.4, 0.5) is 0 Å². The molecule has 0 unspecified atom stereocenters. The fourth-order valence-corrected chi connectivity index (χ4v) is 2.54. The molecule has 0 N–H and O–H groups in total. The van der Waals surface area contributed by atoms with Gasteiger partial charge in [0.1, 0.15) is 0 Å². The van der Waals surface area contributed by atoms with E-state index in [1.807, 2.05) is 0 Å². The average molecular weight is 200 g/mol. The lowest BCUT2D eigenvalue weighted by molar-refractivity contribution is 0.913. The van der Waals surface area contributed by atoms with Gasteiger partial charge in [-0.25, -0.2) is 0 Å². The number of benzene rings is 1. The van der Waals surface area contributed by atoms with E-state index in [4.69, 9.17) is 0 Å². The van der Waals surface area contributed by atoms with Gasteiger partial charge in [0.25, 0.3) is 0 Å². The minimum Gasteiger partial charge on any atom is -0.0683 e. The first kappa shape index (κ1) is 10.5. The van der Waals surface area contributed by atoms with Gasteiger partial charge in [0.15, 0.2) is 0 Å². The van der Waals surface area contributed by atoms with Gasteiger partial charge in [0.05, 0.1) is 0 Å². The zero-order valence-corrected chi connectivity index (χ0v) is 10.1. The first-order valence-corrected chi connectivity index (χ1v) is 6.07. The lowest BCUT2D eigenvalue weighted by atomic mass is 9.94. The Labute approximate surface area is 93.0 Å². The lowest BCUT2D eigenvalue weighted by Gasteiger charge is -2.11. The summed E-state index contributed by atoms with van der Waals surface area (Å²) in [5, 5.41) is 0. The largest absolute Gasteiger partial charge is 0.0683 e. The van der Waals surface area contributed by atoms with Crippen LogP contribution in [0.5, 0.6) is 0 Å². The Morgan fingerprint density at radius 1 is 1.13 bits per heavy atom. The molecule has 0 radical (unpaired) electrons. The summed E-state index contributed by atoms with van der Waals surface area (Å²) in [6, 6.07) is 4.66. The van der Waals surface area contributed by atoms with Gasteiger partial charge in [0, 0.05) is 0 Å². The van der Waals surface area contributed by atoms with E-state index in [2.05, 4.69) is 39.0 Å². The number of aryl methyl sites for hydroxylation is 2. The van der Waals surface area contributed by atoms with E-state index in [9.17, 15) is 0 Å². The summed E-state index contributed by atoms with van der Waals surface area (Å²) < 4.78 is 0. The third-order valence-corrected chi connectivity index (χ3v) is 3.29. The highest BCUT2D eigenvalue weighted by atomic mass is 14.2. The van der Waals surface area contributed by atoms with Crippen LogP contribution in [-0.2, 0) is 19.3 Å². The molecule has 0 saturated heterocycles. The van der Waals surface area contributed by atoms with E-state index < -0.39 is 0 Å². The van der Waals surface area contributed by atoms with Gasteiger partial charge in [0.2, 0.25) is 0 Å². The molecular formula is C15H20. The van der Waals surface area contributed by atoms with E-state index in [1.54, 1.807) is 11.1 Å². The van der Waals surface area contributed by atoms with E-state index in [0.29, 0.717) is 0 Å². The van der Waals surface area contributed by atoms with Crippen molar-refractivity contribution in [1.29, 1.82) is 0 Å². The molecule has 0 aromatic heterocycles. The molecule has 0 heterocycles. The number of rotatable bonds is 3. The monoisotopic (exact) mass is 200 g/mol. The van der Waals surface area contributed by atoms with Crippen LogP contribution in [0.3, 0.4) is 0 Å². The highest BCUT2D eigenvalue weighted by Gasteiger charge is 2.15. The second-order valence-electron chi connectivity index (χ2n) is 4.55. The molecule has 1 aliphatic carbocycles. The highest BCUT2D eigenvalue weighted by molar-refractivity contribution is 5.68. The maximum absolute atomic E-state index is 2.39. The summed E-state index contributed by atoms with van der Waals surface area (Å²) >= 11 is 0. The van der Waals surface area contributed by atoms with Crippen LogP contribution >= 0.6 is 0 Å². The summed E-state index contributed by atoms with van der Waals surface area (Å²) in [6.07, 6.45) is 7.19. The van der Waals surface area contributed by atoms with Crippen LogP contribution in [0, 0.1) is 0 Å². The number of fused-ring (bicyclic) bond motifs is 1. The zero-order chi connectivity index (χ0) is 10.8. The summed E-state index contributed by atoms with van der Waals surface area (Å²) in [5.74, 6) is 0. The summed E-state index contributed by atoms with van der Waals surface area (Å²) in [7, 11) is 0. The van der Waals surface area contributed by atoms with Crippen LogP contribution in [0.1, 0.15) is 49.4 Å². The predicted molar refractivity (Wildman–Crippen MR) is 67.2 cm³/mol. The normalized spacial score (nSPS) is 13.9. The molecule has 0 atom stereocenters. The van der Waals surface area contributed by atoms with Crippen LogP contribution < -0.4 is 0 Å². The Bertz CT molecular complexity index is 397. The van der Waals surface area contributed by atoms with E-state index in [0.717, 1.165) is 6.42 Å². The third kappa shape index (κ3) is 1.86. The van der Waals surface area contributed by atoms with Crippen molar-refractivity contribution < 1.29 is 0 Å². The Kier molecular flexibility index (Phi) is 2.95. The second-order valence-corrected chi connectivity index (χ2v) is 4.55. The Morgan fingerprint density at radius 3 is 2.53 bits per heavy atom. The van der Waals surface area contributed by atoms with Crippen LogP contribution in [0.15, 0.2) is 17.7 Å². The minimum atomic E-state index is 1.16. The first-order chi connectivity index (χ1) is 7.26. The van der Waals surface area contributed by atoms with Gasteiger partial charge in [-0.15, -0.1) is 0 Å². The van der Waals surface area contributed by atoms with Gasteiger partial charge >= 0.3 is 0 Å². The molecule has 80 valence electrons. The molecule has 0 spiro atoms. The quantitative estimate of drug-likeness (QED) is 0.687. The molecule has 15 heavy (non-hydrogen) atoms. The Balaban J connectivity index is 2.48. The van der Waals surface area contributed by atoms with Gasteiger partial charge in [-0.2, -0.15) is 0 Å². The fraction of sp³-hybridized carbons (Fsp3) is 0.467. The topological polar surface area (TPSA) is 0 Å². The summed E-state index contributed by atoms with van der Waals surface area (Å²) in [4.78, 5) is 0. The smallest absolute Gasteiger partial charge is 0.00578 e. The summed E-state index contributed by atoms with van der Waals surface area (Å²) in [5.41, 5.74) is 7.73. The molecule has 0 nitrogen and oxygen atoms in total. The lowest BCUT2D eigenvalue weighted by Crippen LogP contribution is -1.97. The number of hydrogen-bond acceptors (Lipinski definition) is 0. The van der Waals surface area contributed by atoms with Crippen LogP contribution in [0.25, 0.3) is 6.08 Å². The Morgan fingerprint density at radius 2 is 1.87 bits per heavy atom. The fourth-order valence-electron chi connectivity index (χ4n) is 2.54. The van der Waals surface area contributed by atoms with Gasteiger partial charge in [-0.1, -0.05) is 44.1 Å². The molecule has 0 bridgehead atoms. The van der Waals surface area contributed by atoms with Gasteiger partial charge in [-0.3, -0.25) is 0 Å². The minimum absolute atomic E-state index is 1.16. The number of hydrogen-bond donors (Lipinski definition) is 0. The van der Waals surface area contributed by atoms with Crippen molar-refractivity contribution in [2.45, 2.75) is 46.5 Å². The molecule has 1 aromatic rings. The van der Waals surface area contributed by atoms with E-state index in [1.165, 1.54) is 36.0 Å². The molecule has 2 rings (SSSR count). The summed E-state index contributed by atoms with van der Waals surface area (Å²) in [6.45, 7) is 6.75. The Hall–Kier alpha value is -1.04. The highest BCUT2D eigenvalue weighted by Crippen LogP contribution is 2.31. The zero-order valence-electron chi connectivity index (χ0n) is 10.1. The molecule has 0 amide bonds. The van der Waals surface area contributed by atoms with Crippen LogP contribution in [0.2, 0.25) is 0 Å². The standard InChI is InChI=1S/C15H20/c1-4-6-13-8-7-12(5-2)14-9-11(3)10-15(13)14/h7-8,10H,4-6,9H2,1-3H3. The maximum Gasteiger partial charge on any atom is -0.00578 e. The third-order valence-electron chi connectivity index (χ3n) is 3.29. The number of allylic oxidation sites excluding steroid dienone is 1. The molecule has 0 aliphatic heterocycles. The molecule has 0 fully saturated rings. The molecule has 1 aromatic carbocycles. The van der Waals surface area contributed by atoms with Crippen molar-refractivity contribution >= 4 is 6.08 Å². The van der Waals surface area contributed by atoms with Gasteiger partial charge < -0.3 is 0 Å². The maximum atomic E-state index is 2.39. The van der Waals surface area contributed by atoms with Crippen molar-refractivity contribution in [3.8, 4) is 0 Å². The van der Waals surface area contributed by atoms with Crippen molar-refractivity contribution in [2.24, 2.45) is 0 Å². The van der Waals surface area contributed by atoms with Crippen LogP contribution in [-0.4, -0.2) is 0 Å². The van der Waals surface area contributed by atoms with E-state index in [-0.39, 0.29) is 0 Å². The van der Waals surface area contributed by atoms with Gasteiger partial charge in [-0.05, 0) is 48.4 Å². The second kappa shape index (κ2) is 4.22. The molecule has 0 saturated carbocycles. The predicted octanol–water partition coefficient (Wildman–Crippen LogP) is 4.16.